The number of ether oxygens (including phenoxy) is 2. The maximum absolute atomic E-state index is 11.5. The van der Waals surface area contributed by atoms with Crippen LogP contribution >= 0.6 is 11.8 Å². The van der Waals surface area contributed by atoms with Crippen LogP contribution in [-0.4, -0.2) is 46.2 Å². The highest BCUT2D eigenvalue weighted by molar-refractivity contribution is 7.99. The van der Waals surface area contributed by atoms with Gasteiger partial charge in [0.05, 0.1) is 19.0 Å². The summed E-state index contributed by atoms with van der Waals surface area (Å²) in [5.41, 5.74) is 1.05. The zero-order chi connectivity index (χ0) is 16.9. The number of benzene rings is 1. The SMILES string of the molecule is CCOC(=O)CSc1nnc2n1CCN2c1ccc(OCC)cc1. The van der Waals surface area contributed by atoms with Crippen molar-refractivity contribution in [3.05, 3.63) is 24.3 Å². The average Bonchev–Trinajstić information content (AvgIpc) is 3.16. The van der Waals surface area contributed by atoms with E-state index in [1.807, 2.05) is 35.8 Å². The summed E-state index contributed by atoms with van der Waals surface area (Å²) in [4.78, 5) is 13.6. The molecule has 0 aliphatic carbocycles. The van der Waals surface area contributed by atoms with Crippen LogP contribution in [-0.2, 0) is 16.1 Å². The number of thioether (sulfide) groups is 1. The number of hydrogen-bond acceptors (Lipinski definition) is 7. The van der Waals surface area contributed by atoms with Gasteiger partial charge in [-0.3, -0.25) is 9.36 Å². The lowest BCUT2D eigenvalue weighted by Crippen LogP contribution is -2.14. The maximum Gasteiger partial charge on any atom is 0.316 e. The van der Waals surface area contributed by atoms with E-state index in [2.05, 4.69) is 15.1 Å². The van der Waals surface area contributed by atoms with Gasteiger partial charge in [0.1, 0.15) is 5.75 Å². The molecular weight excluding hydrogens is 328 g/mol. The molecule has 1 aromatic heterocycles. The second kappa shape index (κ2) is 7.57. The van der Waals surface area contributed by atoms with E-state index in [1.54, 1.807) is 6.92 Å². The summed E-state index contributed by atoms with van der Waals surface area (Å²) >= 11 is 1.35. The quantitative estimate of drug-likeness (QED) is 0.562. The molecule has 0 unspecified atom stereocenters. The standard InChI is InChI=1S/C16H20N4O3S/c1-3-22-13-7-5-12(6-8-13)19-9-10-20-15(19)17-18-16(20)24-11-14(21)23-4-2/h5-8H,3-4,9-11H2,1-2H3. The lowest BCUT2D eigenvalue weighted by molar-refractivity contribution is -0.139. The van der Waals surface area contributed by atoms with Gasteiger partial charge in [-0.05, 0) is 38.1 Å². The Labute approximate surface area is 145 Å². The smallest absolute Gasteiger partial charge is 0.316 e. The van der Waals surface area contributed by atoms with Crippen LogP contribution in [0.2, 0.25) is 0 Å². The van der Waals surface area contributed by atoms with Gasteiger partial charge in [-0.15, -0.1) is 10.2 Å². The molecule has 0 radical (unpaired) electrons. The summed E-state index contributed by atoms with van der Waals surface area (Å²) in [5.74, 6) is 1.66. The van der Waals surface area contributed by atoms with Crippen molar-refractivity contribution in [3.63, 3.8) is 0 Å². The van der Waals surface area contributed by atoms with E-state index in [9.17, 15) is 4.79 Å². The maximum atomic E-state index is 11.5. The molecule has 1 aromatic carbocycles. The Kier molecular flexibility index (Phi) is 5.24. The van der Waals surface area contributed by atoms with Gasteiger partial charge >= 0.3 is 5.97 Å². The van der Waals surface area contributed by atoms with E-state index in [-0.39, 0.29) is 11.7 Å². The van der Waals surface area contributed by atoms with E-state index >= 15 is 0 Å². The topological polar surface area (TPSA) is 69.5 Å². The summed E-state index contributed by atoms with van der Waals surface area (Å²) in [7, 11) is 0. The molecule has 24 heavy (non-hydrogen) atoms. The molecule has 0 amide bonds. The summed E-state index contributed by atoms with van der Waals surface area (Å²) < 4.78 is 12.4. The first-order valence-electron chi connectivity index (χ1n) is 7.95. The summed E-state index contributed by atoms with van der Waals surface area (Å²) in [6.07, 6.45) is 0. The van der Waals surface area contributed by atoms with Crippen LogP contribution in [0.1, 0.15) is 13.8 Å². The monoisotopic (exact) mass is 348 g/mol. The van der Waals surface area contributed by atoms with Crippen LogP contribution in [0, 0.1) is 0 Å². The molecule has 0 N–H and O–H groups in total. The molecule has 2 heterocycles. The molecule has 0 atom stereocenters. The lowest BCUT2D eigenvalue weighted by Gasteiger charge is -2.15. The average molecular weight is 348 g/mol. The first kappa shape index (κ1) is 16.6. The predicted octanol–water partition coefficient (Wildman–Crippen LogP) is 2.48. The number of hydrogen-bond donors (Lipinski definition) is 0. The van der Waals surface area contributed by atoms with E-state index in [1.165, 1.54) is 11.8 Å². The number of aromatic nitrogens is 3. The Morgan fingerprint density at radius 2 is 1.96 bits per heavy atom. The number of esters is 1. The van der Waals surface area contributed by atoms with Crippen molar-refractivity contribution < 1.29 is 14.3 Å². The van der Waals surface area contributed by atoms with Crippen molar-refractivity contribution >= 4 is 29.4 Å². The molecular formula is C16H20N4O3S. The Hall–Kier alpha value is -2.22. The molecule has 128 valence electrons. The number of fused-ring (bicyclic) bond motifs is 1. The van der Waals surface area contributed by atoms with Gasteiger partial charge in [-0.1, -0.05) is 11.8 Å². The Bertz CT molecular complexity index is 702. The molecule has 0 bridgehead atoms. The van der Waals surface area contributed by atoms with Crippen molar-refractivity contribution in [1.82, 2.24) is 14.8 Å². The molecule has 1 aliphatic heterocycles. The highest BCUT2D eigenvalue weighted by atomic mass is 32.2. The number of carbonyl (C=O) groups is 1. The van der Waals surface area contributed by atoms with Crippen LogP contribution in [0.15, 0.2) is 29.4 Å². The van der Waals surface area contributed by atoms with Gasteiger partial charge in [0.2, 0.25) is 5.95 Å². The highest BCUT2D eigenvalue weighted by Gasteiger charge is 2.26. The van der Waals surface area contributed by atoms with Gasteiger partial charge < -0.3 is 14.4 Å². The third-order valence-corrected chi connectivity index (χ3v) is 4.51. The Morgan fingerprint density at radius 3 is 2.67 bits per heavy atom. The van der Waals surface area contributed by atoms with Crippen molar-refractivity contribution in [2.75, 3.05) is 30.4 Å². The first-order valence-corrected chi connectivity index (χ1v) is 8.93. The predicted molar refractivity (Wildman–Crippen MR) is 92.0 cm³/mol. The van der Waals surface area contributed by atoms with Gasteiger partial charge in [0.15, 0.2) is 5.16 Å². The third kappa shape index (κ3) is 3.48. The molecule has 8 heteroatoms. The highest BCUT2D eigenvalue weighted by Crippen LogP contribution is 2.32. The molecule has 2 aromatic rings. The Balaban J connectivity index is 1.70. The Morgan fingerprint density at radius 1 is 1.17 bits per heavy atom. The van der Waals surface area contributed by atoms with Gasteiger partial charge in [-0.25, -0.2) is 0 Å². The third-order valence-electron chi connectivity index (χ3n) is 3.57. The fourth-order valence-electron chi connectivity index (χ4n) is 2.54. The van der Waals surface area contributed by atoms with Crippen LogP contribution in [0.3, 0.4) is 0 Å². The largest absolute Gasteiger partial charge is 0.494 e. The minimum Gasteiger partial charge on any atom is -0.494 e. The molecule has 1 aliphatic rings. The zero-order valence-corrected chi connectivity index (χ0v) is 14.6. The van der Waals surface area contributed by atoms with Crippen molar-refractivity contribution in [2.24, 2.45) is 0 Å². The fraction of sp³-hybridized carbons (Fsp3) is 0.438. The van der Waals surface area contributed by atoms with Gasteiger partial charge in [-0.2, -0.15) is 0 Å². The van der Waals surface area contributed by atoms with Crippen molar-refractivity contribution in [3.8, 4) is 5.75 Å². The van der Waals surface area contributed by atoms with Gasteiger partial charge in [0.25, 0.3) is 0 Å². The van der Waals surface area contributed by atoms with E-state index < -0.39 is 0 Å². The van der Waals surface area contributed by atoms with Gasteiger partial charge in [0, 0.05) is 18.8 Å². The normalized spacial score (nSPS) is 13.0. The van der Waals surface area contributed by atoms with Crippen LogP contribution in [0.5, 0.6) is 5.75 Å². The minimum atomic E-state index is -0.235. The fourth-order valence-corrected chi connectivity index (χ4v) is 3.30. The van der Waals surface area contributed by atoms with E-state index in [4.69, 9.17) is 9.47 Å². The van der Waals surface area contributed by atoms with Crippen LogP contribution in [0.4, 0.5) is 11.6 Å². The first-order chi connectivity index (χ1) is 11.7. The summed E-state index contributed by atoms with van der Waals surface area (Å²) in [5, 5.41) is 9.21. The number of nitrogens with zero attached hydrogens (tertiary/aromatic N) is 4. The lowest BCUT2D eigenvalue weighted by atomic mass is 10.3. The van der Waals surface area contributed by atoms with Crippen molar-refractivity contribution in [1.29, 1.82) is 0 Å². The minimum absolute atomic E-state index is 0.235. The summed E-state index contributed by atoms with van der Waals surface area (Å²) in [6, 6.07) is 7.93. The van der Waals surface area contributed by atoms with E-state index in [0.717, 1.165) is 35.6 Å². The molecule has 0 fully saturated rings. The molecule has 0 saturated carbocycles. The van der Waals surface area contributed by atoms with E-state index in [0.29, 0.717) is 13.2 Å². The molecule has 0 saturated heterocycles. The second-order valence-electron chi connectivity index (χ2n) is 5.11. The number of carbonyl (C=O) groups excluding carboxylic acids is 1. The van der Waals surface area contributed by atoms with Crippen LogP contribution in [0.25, 0.3) is 0 Å². The summed E-state index contributed by atoms with van der Waals surface area (Å²) in [6.45, 7) is 6.42. The molecule has 0 spiro atoms. The van der Waals surface area contributed by atoms with Crippen molar-refractivity contribution in [2.45, 2.75) is 25.5 Å². The zero-order valence-electron chi connectivity index (χ0n) is 13.8. The number of rotatable bonds is 7. The second-order valence-corrected chi connectivity index (χ2v) is 6.05. The number of anilines is 2. The van der Waals surface area contributed by atoms with Crippen LogP contribution < -0.4 is 9.64 Å². The molecule has 3 rings (SSSR count). The molecule has 7 nitrogen and oxygen atoms in total.